The van der Waals surface area contributed by atoms with E-state index >= 15 is 0 Å². The Hall–Kier alpha value is -3.10. The Morgan fingerprint density at radius 1 is 0.852 bits per heavy atom. The largest absolute Gasteiger partial charge is 0.359 e. The molecule has 0 aliphatic rings. The van der Waals surface area contributed by atoms with Gasteiger partial charge in [-0.15, -0.1) is 11.3 Å². The average molecular weight is 368 g/mol. The summed E-state index contributed by atoms with van der Waals surface area (Å²) in [6.45, 7) is 6.12. The fourth-order valence-corrected chi connectivity index (χ4v) is 4.49. The second-order valence-electron chi connectivity index (χ2n) is 6.45. The van der Waals surface area contributed by atoms with E-state index in [9.17, 15) is 0 Å². The van der Waals surface area contributed by atoms with Gasteiger partial charge in [-0.3, -0.25) is 0 Å². The van der Waals surface area contributed by atoms with Gasteiger partial charge in [0.25, 0.3) is 0 Å². The molecule has 0 aliphatic heterocycles. The van der Waals surface area contributed by atoms with Gasteiger partial charge in [0, 0.05) is 31.6 Å². The van der Waals surface area contributed by atoms with Gasteiger partial charge in [-0.05, 0) is 42.3 Å². The molecule has 4 aromatic rings. The van der Waals surface area contributed by atoms with E-state index < -0.39 is 0 Å². The smallest absolute Gasteiger partial charge is 0.0433 e. The molecule has 1 aromatic heterocycles. The van der Waals surface area contributed by atoms with Crippen molar-refractivity contribution in [1.82, 2.24) is 0 Å². The summed E-state index contributed by atoms with van der Waals surface area (Å²) < 4.78 is 2.63. The van der Waals surface area contributed by atoms with Crippen molar-refractivity contribution in [2.75, 3.05) is 5.32 Å². The summed E-state index contributed by atoms with van der Waals surface area (Å²) >= 11 is 1.84. The standard InChI is InChI=1S/C25H21NS/c1-3-19(17-16-18(2)26-20-10-5-4-6-11-20)21-13-9-14-23-22-12-7-8-15-24(22)27-25(21)23/h3-17,26H,1H2,2H3/b18-16+,19-17+. The van der Waals surface area contributed by atoms with Gasteiger partial charge in [-0.1, -0.05) is 73.3 Å². The van der Waals surface area contributed by atoms with Crippen LogP contribution < -0.4 is 5.32 Å². The molecule has 4 rings (SSSR count). The minimum Gasteiger partial charge on any atom is -0.359 e. The van der Waals surface area contributed by atoms with Crippen molar-refractivity contribution < 1.29 is 0 Å². The summed E-state index contributed by atoms with van der Waals surface area (Å²) in [5.74, 6) is 0. The van der Waals surface area contributed by atoms with Crippen molar-refractivity contribution in [2.45, 2.75) is 6.92 Å². The summed E-state index contributed by atoms with van der Waals surface area (Å²) in [6, 6.07) is 25.3. The van der Waals surface area contributed by atoms with E-state index in [1.54, 1.807) is 0 Å². The maximum absolute atomic E-state index is 4.05. The van der Waals surface area contributed by atoms with Gasteiger partial charge in [0.2, 0.25) is 0 Å². The molecule has 0 aliphatic carbocycles. The van der Waals surface area contributed by atoms with E-state index in [0.717, 1.165) is 17.0 Å². The first kappa shape index (κ1) is 17.3. The summed E-state index contributed by atoms with van der Waals surface area (Å²) in [6.07, 6.45) is 6.18. The van der Waals surface area contributed by atoms with Gasteiger partial charge >= 0.3 is 0 Å². The topological polar surface area (TPSA) is 12.0 Å². The third-order valence-corrected chi connectivity index (χ3v) is 5.78. The van der Waals surface area contributed by atoms with Crippen molar-refractivity contribution >= 4 is 42.8 Å². The van der Waals surface area contributed by atoms with Crippen LogP contribution >= 0.6 is 11.3 Å². The lowest BCUT2D eigenvalue weighted by Crippen LogP contribution is -1.94. The monoisotopic (exact) mass is 367 g/mol. The maximum atomic E-state index is 4.05. The Morgan fingerprint density at radius 2 is 1.59 bits per heavy atom. The molecule has 2 heteroatoms. The zero-order valence-electron chi connectivity index (χ0n) is 15.3. The van der Waals surface area contributed by atoms with Crippen LogP contribution in [-0.4, -0.2) is 0 Å². The number of allylic oxidation sites excluding steroid dienone is 5. The molecular weight excluding hydrogens is 346 g/mol. The molecule has 0 spiro atoms. The van der Waals surface area contributed by atoms with Gasteiger partial charge in [0.05, 0.1) is 0 Å². The van der Waals surface area contributed by atoms with E-state index in [1.165, 1.54) is 25.7 Å². The first-order chi connectivity index (χ1) is 13.3. The Kier molecular flexibility index (Phi) is 4.91. The molecule has 0 saturated heterocycles. The van der Waals surface area contributed by atoms with Crippen LogP contribution in [0.5, 0.6) is 0 Å². The fourth-order valence-electron chi connectivity index (χ4n) is 3.25. The molecule has 1 N–H and O–H groups in total. The number of hydrogen-bond acceptors (Lipinski definition) is 2. The normalized spacial score (nSPS) is 12.5. The molecule has 3 aromatic carbocycles. The Morgan fingerprint density at radius 3 is 2.41 bits per heavy atom. The minimum atomic E-state index is 1.09. The van der Waals surface area contributed by atoms with Crippen LogP contribution in [-0.2, 0) is 0 Å². The Labute approximate surface area is 164 Å². The van der Waals surface area contributed by atoms with E-state index in [1.807, 2.05) is 35.6 Å². The first-order valence-corrected chi connectivity index (χ1v) is 9.81. The molecule has 0 bridgehead atoms. The highest BCUT2D eigenvalue weighted by atomic mass is 32.1. The summed E-state index contributed by atoms with van der Waals surface area (Å²) in [4.78, 5) is 0. The third-order valence-electron chi connectivity index (χ3n) is 4.56. The predicted octanol–water partition coefficient (Wildman–Crippen LogP) is 7.64. The summed E-state index contributed by atoms with van der Waals surface area (Å²) in [5.41, 5.74) is 4.53. The van der Waals surface area contributed by atoms with Gasteiger partial charge in [0.15, 0.2) is 0 Å². The number of anilines is 1. The van der Waals surface area contributed by atoms with Gasteiger partial charge in [-0.25, -0.2) is 0 Å². The molecule has 27 heavy (non-hydrogen) atoms. The minimum absolute atomic E-state index is 1.09. The predicted molar refractivity (Wildman–Crippen MR) is 121 cm³/mol. The number of thiophene rings is 1. The molecule has 0 saturated carbocycles. The van der Waals surface area contributed by atoms with Crippen molar-refractivity contribution in [3.8, 4) is 0 Å². The molecule has 0 amide bonds. The second-order valence-corrected chi connectivity index (χ2v) is 7.50. The molecular formula is C25H21NS. The zero-order chi connectivity index (χ0) is 18.6. The number of benzene rings is 3. The van der Waals surface area contributed by atoms with E-state index in [4.69, 9.17) is 0 Å². The molecule has 1 nitrogen and oxygen atoms in total. The van der Waals surface area contributed by atoms with Gasteiger partial charge < -0.3 is 5.32 Å². The lowest BCUT2D eigenvalue weighted by molar-refractivity contribution is 1.38. The zero-order valence-corrected chi connectivity index (χ0v) is 16.1. The van der Waals surface area contributed by atoms with Crippen LogP contribution in [0.25, 0.3) is 25.7 Å². The van der Waals surface area contributed by atoms with Crippen molar-refractivity contribution in [3.63, 3.8) is 0 Å². The molecule has 0 unspecified atom stereocenters. The third kappa shape index (κ3) is 3.57. The van der Waals surface area contributed by atoms with E-state index in [0.29, 0.717) is 0 Å². The van der Waals surface area contributed by atoms with Crippen molar-refractivity contribution in [3.05, 3.63) is 109 Å². The van der Waals surface area contributed by atoms with Crippen molar-refractivity contribution in [1.29, 1.82) is 0 Å². The van der Waals surface area contributed by atoms with Crippen LogP contribution in [0.15, 0.2) is 103 Å². The molecule has 0 fully saturated rings. The molecule has 0 radical (unpaired) electrons. The van der Waals surface area contributed by atoms with E-state index in [2.05, 4.69) is 85.6 Å². The van der Waals surface area contributed by atoms with E-state index in [-0.39, 0.29) is 0 Å². The highest BCUT2D eigenvalue weighted by molar-refractivity contribution is 7.26. The summed E-state index contributed by atoms with van der Waals surface area (Å²) in [5, 5.41) is 6.05. The molecule has 1 heterocycles. The molecule has 0 atom stereocenters. The van der Waals surface area contributed by atoms with Crippen molar-refractivity contribution in [2.24, 2.45) is 0 Å². The Bertz CT molecular complexity index is 1160. The molecule has 132 valence electrons. The first-order valence-electron chi connectivity index (χ1n) is 9.00. The van der Waals surface area contributed by atoms with Crippen LogP contribution in [0.3, 0.4) is 0 Å². The number of fused-ring (bicyclic) bond motifs is 3. The quantitative estimate of drug-likeness (QED) is 0.357. The highest BCUT2D eigenvalue weighted by Gasteiger charge is 2.09. The van der Waals surface area contributed by atoms with Gasteiger partial charge in [0.1, 0.15) is 0 Å². The van der Waals surface area contributed by atoms with Crippen LogP contribution in [0.4, 0.5) is 5.69 Å². The lowest BCUT2D eigenvalue weighted by Gasteiger charge is -2.07. The average Bonchev–Trinajstić information content (AvgIpc) is 3.09. The van der Waals surface area contributed by atoms with Crippen LogP contribution in [0, 0.1) is 0 Å². The SMILES string of the molecule is C=C/C(=C\C=C(/C)Nc1ccccc1)c1cccc2c1sc1ccccc12. The van der Waals surface area contributed by atoms with Crippen LogP contribution in [0.2, 0.25) is 0 Å². The number of para-hydroxylation sites is 1. The number of nitrogens with one attached hydrogen (secondary N) is 1. The lowest BCUT2D eigenvalue weighted by atomic mass is 10.0. The Balaban J connectivity index is 1.73. The fraction of sp³-hybridized carbons (Fsp3) is 0.0400. The second kappa shape index (κ2) is 7.65. The maximum Gasteiger partial charge on any atom is 0.0433 e. The number of hydrogen-bond donors (Lipinski definition) is 1. The highest BCUT2D eigenvalue weighted by Crippen LogP contribution is 2.38. The number of rotatable bonds is 5. The van der Waals surface area contributed by atoms with Crippen LogP contribution in [0.1, 0.15) is 12.5 Å². The summed E-state index contributed by atoms with van der Waals surface area (Å²) in [7, 11) is 0. The van der Waals surface area contributed by atoms with Gasteiger partial charge in [-0.2, -0.15) is 0 Å².